The van der Waals surface area contributed by atoms with Gasteiger partial charge < -0.3 is 4.74 Å². The van der Waals surface area contributed by atoms with Gasteiger partial charge in [-0.15, -0.1) is 0 Å². The molecule has 0 amide bonds. The van der Waals surface area contributed by atoms with E-state index >= 15 is 0 Å². The summed E-state index contributed by atoms with van der Waals surface area (Å²) in [5.74, 6) is 0.797. The summed E-state index contributed by atoms with van der Waals surface area (Å²) >= 11 is 5.34. The van der Waals surface area contributed by atoms with E-state index in [2.05, 4.69) is 15.9 Å². The lowest BCUT2D eigenvalue weighted by atomic mass is 10.3. The summed E-state index contributed by atoms with van der Waals surface area (Å²) < 4.78 is 7.23. The van der Waals surface area contributed by atoms with Crippen LogP contribution in [-0.4, -0.2) is 4.92 Å². The Morgan fingerprint density at radius 1 is 1.17 bits per heavy atom. The van der Waals surface area contributed by atoms with E-state index in [1.807, 2.05) is 34.7 Å². The van der Waals surface area contributed by atoms with Gasteiger partial charge >= 0.3 is 5.69 Å². The molecule has 4 nitrogen and oxygen atoms in total. The third kappa shape index (κ3) is 3.20. The van der Waals surface area contributed by atoms with Crippen molar-refractivity contribution < 1.29 is 9.66 Å². The standard InChI is InChI=1S/C12H7BrINO3/c13-8-1-4-10(5-2-8)18-12-6-3-9(14)7-11(12)15(16)17/h1-7H. The van der Waals surface area contributed by atoms with Crippen molar-refractivity contribution in [2.45, 2.75) is 0 Å². The molecule has 0 saturated heterocycles. The van der Waals surface area contributed by atoms with Crippen LogP contribution in [0.5, 0.6) is 11.5 Å². The second-order valence-electron chi connectivity index (χ2n) is 3.43. The van der Waals surface area contributed by atoms with Gasteiger partial charge in [0.1, 0.15) is 5.75 Å². The Morgan fingerprint density at radius 2 is 1.83 bits per heavy atom. The average molecular weight is 420 g/mol. The van der Waals surface area contributed by atoms with Crippen molar-refractivity contribution >= 4 is 44.2 Å². The van der Waals surface area contributed by atoms with E-state index < -0.39 is 4.92 Å². The lowest BCUT2D eigenvalue weighted by Gasteiger charge is -2.06. The van der Waals surface area contributed by atoms with E-state index in [0.717, 1.165) is 8.04 Å². The fraction of sp³-hybridized carbons (Fsp3) is 0. The van der Waals surface area contributed by atoms with E-state index in [0.29, 0.717) is 5.75 Å². The fourth-order valence-electron chi connectivity index (χ4n) is 1.35. The topological polar surface area (TPSA) is 52.4 Å². The molecule has 0 heterocycles. The Kier molecular flexibility index (Phi) is 4.18. The molecule has 2 rings (SSSR count). The van der Waals surface area contributed by atoms with Crippen molar-refractivity contribution in [3.05, 3.63) is 60.6 Å². The molecule has 0 aliphatic heterocycles. The van der Waals surface area contributed by atoms with Crippen molar-refractivity contribution in [2.24, 2.45) is 0 Å². The van der Waals surface area contributed by atoms with Gasteiger partial charge in [-0.3, -0.25) is 10.1 Å². The molecule has 0 spiro atoms. The first kappa shape index (κ1) is 13.3. The molecule has 0 bridgehead atoms. The Labute approximate surface area is 125 Å². The van der Waals surface area contributed by atoms with E-state index in [-0.39, 0.29) is 11.4 Å². The molecule has 0 fully saturated rings. The second kappa shape index (κ2) is 5.66. The van der Waals surface area contributed by atoms with Crippen molar-refractivity contribution in [1.82, 2.24) is 0 Å². The maximum atomic E-state index is 10.9. The van der Waals surface area contributed by atoms with E-state index in [4.69, 9.17) is 4.74 Å². The van der Waals surface area contributed by atoms with Gasteiger partial charge in [-0.1, -0.05) is 15.9 Å². The first-order chi connectivity index (χ1) is 8.56. The first-order valence-electron chi connectivity index (χ1n) is 4.93. The van der Waals surface area contributed by atoms with Gasteiger partial charge in [0.25, 0.3) is 0 Å². The highest BCUT2D eigenvalue weighted by atomic mass is 127. The van der Waals surface area contributed by atoms with Crippen LogP contribution >= 0.6 is 38.5 Å². The van der Waals surface area contributed by atoms with Crippen LogP contribution in [0.4, 0.5) is 5.69 Å². The summed E-state index contributed by atoms with van der Waals surface area (Å²) in [7, 11) is 0. The molecule has 6 heteroatoms. The summed E-state index contributed by atoms with van der Waals surface area (Å²) in [5, 5.41) is 10.9. The van der Waals surface area contributed by atoms with Crippen LogP contribution in [0.15, 0.2) is 46.9 Å². The Hall–Kier alpha value is -1.15. The van der Waals surface area contributed by atoms with Gasteiger partial charge in [0, 0.05) is 14.1 Å². The van der Waals surface area contributed by atoms with E-state index in [1.165, 1.54) is 6.07 Å². The van der Waals surface area contributed by atoms with Crippen LogP contribution in [0.3, 0.4) is 0 Å². The number of benzene rings is 2. The minimum Gasteiger partial charge on any atom is -0.450 e. The predicted octanol–water partition coefficient (Wildman–Crippen LogP) is 4.75. The highest BCUT2D eigenvalue weighted by molar-refractivity contribution is 14.1. The monoisotopic (exact) mass is 419 g/mol. The van der Waals surface area contributed by atoms with Crippen molar-refractivity contribution in [1.29, 1.82) is 0 Å². The molecular formula is C12H7BrINO3. The molecule has 0 radical (unpaired) electrons. The number of hydrogen-bond donors (Lipinski definition) is 0. The summed E-state index contributed by atoms with van der Waals surface area (Å²) in [6.45, 7) is 0. The lowest BCUT2D eigenvalue weighted by Crippen LogP contribution is -1.94. The normalized spacial score (nSPS) is 10.1. The maximum Gasteiger partial charge on any atom is 0.312 e. The molecule has 0 aromatic heterocycles. The Balaban J connectivity index is 2.34. The van der Waals surface area contributed by atoms with Gasteiger partial charge in [-0.05, 0) is 59.0 Å². The molecule has 2 aromatic carbocycles. The molecule has 0 aliphatic rings. The summed E-state index contributed by atoms with van der Waals surface area (Å²) in [5.41, 5.74) is -0.0372. The highest BCUT2D eigenvalue weighted by Gasteiger charge is 2.16. The number of nitro benzene ring substituents is 1. The number of hydrogen-bond acceptors (Lipinski definition) is 3. The Bertz CT molecular complexity index is 586. The predicted molar refractivity (Wildman–Crippen MR) is 80.0 cm³/mol. The maximum absolute atomic E-state index is 10.9. The van der Waals surface area contributed by atoms with E-state index in [9.17, 15) is 10.1 Å². The van der Waals surface area contributed by atoms with Crippen LogP contribution in [-0.2, 0) is 0 Å². The molecule has 0 aliphatic carbocycles. The first-order valence-corrected chi connectivity index (χ1v) is 6.81. The molecular weight excluding hydrogens is 413 g/mol. The van der Waals surface area contributed by atoms with Crippen LogP contribution in [0.25, 0.3) is 0 Å². The molecule has 0 N–H and O–H groups in total. The van der Waals surface area contributed by atoms with Crippen molar-refractivity contribution in [3.8, 4) is 11.5 Å². The van der Waals surface area contributed by atoms with Gasteiger partial charge in [0.05, 0.1) is 4.92 Å². The number of nitro groups is 1. The van der Waals surface area contributed by atoms with E-state index in [1.54, 1.807) is 24.3 Å². The number of ether oxygens (including phenoxy) is 1. The number of rotatable bonds is 3. The highest BCUT2D eigenvalue weighted by Crippen LogP contribution is 2.32. The quantitative estimate of drug-likeness (QED) is 0.409. The zero-order chi connectivity index (χ0) is 13.1. The third-order valence-electron chi connectivity index (χ3n) is 2.16. The molecule has 92 valence electrons. The van der Waals surface area contributed by atoms with Gasteiger partial charge in [-0.2, -0.15) is 0 Å². The summed E-state index contributed by atoms with van der Waals surface area (Å²) in [6.07, 6.45) is 0. The molecule has 0 atom stereocenters. The number of halogens is 2. The number of nitrogens with zero attached hydrogens (tertiary/aromatic N) is 1. The smallest absolute Gasteiger partial charge is 0.312 e. The Morgan fingerprint density at radius 3 is 2.44 bits per heavy atom. The van der Waals surface area contributed by atoms with Crippen molar-refractivity contribution in [2.75, 3.05) is 0 Å². The minimum atomic E-state index is -0.448. The second-order valence-corrected chi connectivity index (χ2v) is 5.59. The van der Waals surface area contributed by atoms with Crippen LogP contribution in [0.1, 0.15) is 0 Å². The van der Waals surface area contributed by atoms with Gasteiger partial charge in [-0.25, -0.2) is 0 Å². The van der Waals surface area contributed by atoms with Crippen LogP contribution < -0.4 is 4.74 Å². The SMILES string of the molecule is O=[N+]([O-])c1cc(I)ccc1Oc1ccc(Br)cc1. The van der Waals surface area contributed by atoms with Crippen LogP contribution in [0, 0.1) is 13.7 Å². The molecule has 18 heavy (non-hydrogen) atoms. The molecule has 0 unspecified atom stereocenters. The average Bonchev–Trinajstić information content (AvgIpc) is 2.34. The van der Waals surface area contributed by atoms with Gasteiger partial charge in [0.2, 0.25) is 5.75 Å². The lowest BCUT2D eigenvalue weighted by molar-refractivity contribution is -0.385. The minimum absolute atomic E-state index is 0.0372. The van der Waals surface area contributed by atoms with Gasteiger partial charge in [0.15, 0.2) is 0 Å². The zero-order valence-electron chi connectivity index (χ0n) is 8.97. The molecule has 0 saturated carbocycles. The van der Waals surface area contributed by atoms with Crippen molar-refractivity contribution in [3.63, 3.8) is 0 Å². The molecule has 2 aromatic rings. The third-order valence-corrected chi connectivity index (χ3v) is 3.36. The summed E-state index contributed by atoms with van der Waals surface area (Å²) in [4.78, 5) is 10.5. The van der Waals surface area contributed by atoms with Crippen LogP contribution in [0.2, 0.25) is 0 Å². The fourth-order valence-corrected chi connectivity index (χ4v) is 2.09. The zero-order valence-corrected chi connectivity index (χ0v) is 12.7. The summed E-state index contributed by atoms with van der Waals surface area (Å²) in [6, 6.07) is 12.0. The largest absolute Gasteiger partial charge is 0.450 e.